The van der Waals surface area contributed by atoms with Crippen LogP contribution in [-0.4, -0.2) is 11.6 Å². The van der Waals surface area contributed by atoms with Crippen LogP contribution in [0.15, 0.2) is 24.3 Å². The first-order chi connectivity index (χ1) is 10.1. The molecular weight excluding hydrogens is 284 g/mol. The largest absolute Gasteiger partial charge is 0.332 e. The molecule has 4 aliphatic rings. The second-order valence-electron chi connectivity index (χ2n) is 7.26. The molecule has 0 atom stereocenters. The van der Waals surface area contributed by atoms with Gasteiger partial charge in [0.2, 0.25) is 0 Å². The van der Waals surface area contributed by atoms with Gasteiger partial charge in [0.05, 0.1) is 10.7 Å². The fraction of sp³-hybridized carbons (Fsp3) is 0.588. The number of hydrogen-bond acceptors (Lipinski definition) is 1. The number of para-hydroxylation sites is 1. The zero-order valence-electron chi connectivity index (χ0n) is 12.1. The highest BCUT2D eigenvalue weighted by Crippen LogP contribution is 2.55. The maximum Gasteiger partial charge on any atom is 0.319 e. The number of urea groups is 1. The van der Waals surface area contributed by atoms with E-state index in [0.717, 1.165) is 37.0 Å². The molecule has 2 amide bonds. The molecule has 4 fully saturated rings. The molecule has 4 bridgehead atoms. The Hall–Kier alpha value is -1.22. The fourth-order valence-corrected chi connectivity index (χ4v) is 5.40. The van der Waals surface area contributed by atoms with Crippen molar-refractivity contribution in [2.24, 2.45) is 17.8 Å². The Morgan fingerprint density at radius 2 is 1.62 bits per heavy atom. The molecule has 1 aromatic rings. The maximum atomic E-state index is 12.4. The minimum atomic E-state index is -0.106. The van der Waals surface area contributed by atoms with E-state index in [1.165, 1.54) is 19.3 Å². The van der Waals surface area contributed by atoms with Crippen molar-refractivity contribution in [3.05, 3.63) is 29.3 Å². The predicted molar refractivity (Wildman–Crippen MR) is 84.5 cm³/mol. The van der Waals surface area contributed by atoms with Crippen LogP contribution in [0.2, 0.25) is 5.02 Å². The Balaban J connectivity index is 1.46. The summed E-state index contributed by atoms with van der Waals surface area (Å²) in [6.45, 7) is 0. The molecule has 5 rings (SSSR count). The van der Waals surface area contributed by atoms with E-state index in [4.69, 9.17) is 11.6 Å². The van der Waals surface area contributed by atoms with Gasteiger partial charge in [-0.15, -0.1) is 0 Å². The van der Waals surface area contributed by atoms with Gasteiger partial charge in [0, 0.05) is 5.54 Å². The van der Waals surface area contributed by atoms with Crippen molar-refractivity contribution in [3.63, 3.8) is 0 Å². The second-order valence-corrected chi connectivity index (χ2v) is 7.66. The number of nitrogens with one attached hydrogen (secondary N) is 2. The van der Waals surface area contributed by atoms with Crippen LogP contribution in [0.3, 0.4) is 0 Å². The third kappa shape index (κ3) is 2.52. The Labute approximate surface area is 130 Å². The van der Waals surface area contributed by atoms with Crippen LogP contribution in [0.25, 0.3) is 0 Å². The van der Waals surface area contributed by atoms with E-state index in [1.807, 2.05) is 18.2 Å². The first-order valence-corrected chi connectivity index (χ1v) is 8.33. The third-order valence-corrected chi connectivity index (χ3v) is 5.87. The Bertz CT molecular complexity index is 536. The SMILES string of the molecule is O=C(Nc1ccccc1Cl)NC12CC3CC(CC(C3)C1)C2. The molecule has 4 heteroatoms. The first kappa shape index (κ1) is 13.4. The maximum absolute atomic E-state index is 12.4. The lowest BCUT2D eigenvalue weighted by Crippen LogP contribution is -2.60. The van der Waals surface area contributed by atoms with Gasteiger partial charge in [-0.25, -0.2) is 4.79 Å². The summed E-state index contributed by atoms with van der Waals surface area (Å²) >= 11 is 6.10. The van der Waals surface area contributed by atoms with Gasteiger partial charge in [-0.2, -0.15) is 0 Å². The van der Waals surface area contributed by atoms with Gasteiger partial charge in [-0.1, -0.05) is 23.7 Å². The fourth-order valence-electron chi connectivity index (χ4n) is 5.22. The summed E-state index contributed by atoms with van der Waals surface area (Å²) in [6, 6.07) is 7.27. The standard InChI is InChI=1S/C17H21ClN2O/c18-14-3-1-2-4-15(14)19-16(21)20-17-8-11-5-12(9-17)7-13(6-11)10-17/h1-4,11-13H,5-10H2,(H2,19,20,21). The van der Waals surface area contributed by atoms with Crippen molar-refractivity contribution >= 4 is 23.3 Å². The van der Waals surface area contributed by atoms with Crippen LogP contribution in [0, 0.1) is 17.8 Å². The van der Waals surface area contributed by atoms with Crippen LogP contribution in [0.5, 0.6) is 0 Å². The molecule has 0 heterocycles. The highest BCUT2D eigenvalue weighted by molar-refractivity contribution is 6.33. The molecule has 0 aromatic heterocycles. The van der Waals surface area contributed by atoms with Crippen LogP contribution >= 0.6 is 11.6 Å². The lowest BCUT2D eigenvalue weighted by molar-refractivity contribution is -0.0127. The third-order valence-electron chi connectivity index (χ3n) is 5.54. The van der Waals surface area contributed by atoms with Gasteiger partial charge in [-0.05, 0) is 68.4 Å². The Morgan fingerprint density at radius 3 is 2.19 bits per heavy atom. The van der Waals surface area contributed by atoms with Crippen LogP contribution < -0.4 is 10.6 Å². The number of carbonyl (C=O) groups excluding carboxylic acids is 1. The number of carbonyl (C=O) groups is 1. The van der Waals surface area contributed by atoms with Gasteiger partial charge in [0.25, 0.3) is 0 Å². The summed E-state index contributed by atoms with van der Waals surface area (Å²) in [6.07, 6.45) is 7.63. The highest BCUT2D eigenvalue weighted by Gasteiger charge is 2.51. The molecule has 0 spiro atoms. The molecule has 4 aliphatic carbocycles. The average Bonchev–Trinajstić information content (AvgIpc) is 2.39. The summed E-state index contributed by atoms with van der Waals surface area (Å²) in [5.41, 5.74) is 0.724. The predicted octanol–water partition coefficient (Wildman–Crippen LogP) is 4.43. The minimum absolute atomic E-state index is 0.0418. The molecule has 4 saturated carbocycles. The Kier molecular flexibility index (Phi) is 3.14. The molecule has 0 unspecified atom stereocenters. The smallest absolute Gasteiger partial charge is 0.319 e. The van der Waals surface area contributed by atoms with Crippen LogP contribution in [0.4, 0.5) is 10.5 Å². The van der Waals surface area contributed by atoms with E-state index in [2.05, 4.69) is 10.6 Å². The average molecular weight is 305 g/mol. The monoisotopic (exact) mass is 304 g/mol. The zero-order valence-corrected chi connectivity index (χ0v) is 12.8. The zero-order chi connectivity index (χ0) is 14.4. The van der Waals surface area contributed by atoms with Gasteiger partial charge >= 0.3 is 6.03 Å². The highest BCUT2D eigenvalue weighted by atomic mass is 35.5. The van der Waals surface area contributed by atoms with Crippen LogP contribution in [-0.2, 0) is 0 Å². The van der Waals surface area contributed by atoms with Crippen molar-refractivity contribution in [2.75, 3.05) is 5.32 Å². The van der Waals surface area contributed by atoms with Gasteiger partial charge < -0.3 is 10.6 Å². The number of anilines is 1. The molecule has 21 heavy (non-hydrogen) atoms. The van der Waals surface area contributed by atoms with Crippen molar-refractivity contribution in [1.82, 2.24) is 5.32 Å². The number of hydrogen-bond donors (Lipinski definition) is 2. The van der Waals surface area contributed by atoms with E-state index in [0.29, 0.717) is 10.7 Å². The van der Waals surface area contributed by atoms with Crippen LogP contribution in [0.1, 0.15) is 38.5 Å². The molecule has 0 aliphatic heterocycles. The molecule has 0 saturated heterocycles. The molecule has 1 aromatic carbocycles. The number of rotatable bonds is 2. The van der Waals surface area contributed by atoms with E-state index in [9.17, 15) is 4.79 Å². The Morgan fingerprint density at radius 1 is 1.05 bits per heavy atom. The summed E-state index contributed by atoms with van der Waals surface area (Å²) in [5, 5.41) is 6.78. The van der Waals surface area contributed by atoms with Crippen molar-refractivity contribution in [2.45, 2.75) is 44.1 Å². The molecule has 112 valence electrons. The lowest BCUT2D eigenvalue weighted by atomic mass is 9.53. The minimum Gasteiger partial charge on any atom is -0.332 e. The van der Waals surface area contributed by atoms with Crippen molar-refractivity contribution < 1.29 is 4.79 Å². The normalized spacial score (nSPS) is 36.5. The molecule has 0 radical (unpaired) electrons. The summed E-state index contributed by atoms with van der Waals surface area (Å²) < 4.78 is 0. The van der Waals surface area contributed by atoms with E-state index in [-0.39, 0.29) is 11.6 Å². The first-order valence-electron chi connectivity index (χ1n) is 7.96. The quantitative estimate of drug-likeness (QED) is 0.834. The second kappa shape index (κ2) is 4.91. The van der Waals surface area contributed by atoms with E-state index < -0.39 is 0 Å². The summed E-state index contributed by atoms with van der Waals surface area (Å²) in [5.74, 6) is 2.49. The van der Waals surface area contributed by atoms with Gasteiger partial charge in [0.1, 0.15) is 0 Å². The number of amides is 2. The number of benzene rings is 1. The molecular formula is C17H21ClN2O. The molecule has 3 nitrogen and oxygen atoms in total. The van der Waals surface area contributed by atoms with Crippen molar-refractivity contribution in [3.8, 4) is 0 Å². The van der Waals surface area contributed by atoms with Gasteiger partial charge in [-0.3, -0.25) is 0 Å². The lowest BCUT2D eigenvalue weighted by Gasteiger charge is -2.56. The van der Waals surface area contributed by atoms with Crippen molar-refractivity contribution in [1.29, 1.82) is 0 Å². The summed E-state index contributed by atoms with van der Waals surface area (Å²) in [4.78, 5) is 12.4. The van der Waals surface area contributed by atoms with E-state index in [1.54, 1.807) is 6.07 Å². The molecule has 2 N–H and O–H groups in total. The summed E-state index contributed by atoms with van der Waals surface area (Å²) in [7, 11) is 0. The van der Waals surface area contributed by atoms with E-state index >= 15 is 0 Å². The number of halogens is 1. The van der Waals surface area contributed by atoms with Gasteiger partial charge in [0.15, 0.2) is 0 Å². The topological polar surface area (TPSA) is 41.1 Å².